The van der Waals surface area contributed by atoms with Crippen molar-refractivity contribution < 1.29 is 9.47 Å². The number of ether oxygens (including phenoxy) is 2. The number of hydrogen-bond acceptors (Lipinski definition) is 2. The van der Waals surface area contributed by atoms with Crippen molar-refractivity contribution >= 4 is 0 Å². The lowest BCUT2D eigenvalue weighted by Crippen LogP contribution is -2.37. The van der Waals surface area contributed by atoms with Crippen LogP contribution in [0.25, 0.3) is 0 Å². The van der Waals surface area contributed by atoms with Crippen LogP contribution in [-0.2, 0) is 9.47 Å². The highest BCUT2D eigenvalue weighted by molar-refractivity contribution is 4.76. The van der Waals surface area contributed by atoms with Gasteiger partial charge in [0.25, 0.3) is 0 Å². The summed E-state index contributed by atoms with van der Waals surface area (Å²) in [5.41, 5.74) is 0. The Kier molecular flexibility index (Phi) is 4.02. The summed E-state index contributed by atoms with van der Waals surface area (Å²) in [7, 11) is 0. The standard InChI is InChI=1S/C10H20O2/c1-4-12-10-5-6-11-7-9(10)8(2)3/h8-10H,4-7H2,1-3H3/t9-,10+/m0/s1. The lowest BCUT2D eigenvalue weighted by Gasteiger charge is -2.33. The minimum Gasteiger partial charge on any atom is -0.381 e. The molecule has 0 aromatic carbocycles. The van der Waals surface area contributed by atoms with Crippen LogP contribution < -0.4 is 0 Å². The van der Waals surface area contributed by atoms with E-state index in [2.05, 4.69) is 20.8 Å². The Morgan fingerprint density at radius 2 is 2.25 bits per heavy atom. The molecule has 1 heterocycles. The average Bonchev–Trinajstić information content (AvgIpc) is 2.05. The van der Waals surface area contributed by atoms with Gasteiger partial charge in [0.05, 0.1) is 12.7 Å². The molecule has 0 unspecified atom stereocenters. The highest BCUT2D eigenvalue weighted by Crippen LogP contribution is 2.24. The molecule has 0 aliphatic carbocycles. The van der Waals surface area contributed by atoms with Crippen molar-refractivity contribution in [2.45, 2.75) is 33.3 Å². The van der Waals surface area contributed by atoms with Crippen molar-refractivity contribution in [2.24, 2.45) is 11.8 Å². The Balaban J connectivity index is 2.42. The highest BCUT2D eigenvalue weighted by atomic mass is 16.5. The van der Waals surface area contributed by atoms with Crippen LogP contribution in [0.1, 0.15) is 27.2 Å². The average molecular weight is 172 g/mol. The molecule has 1 saturated heterocycles. The van der Waals surface area contributed by atoms with Gasteiger partial charge in [0.15, 0.2) is 0 Å². The quantitative estimate of drug-likeness (QED) is 0.649. The fourth-order valence-electron chi connectivity index (χ4n) is 1.78. The molecule has 0 saturated carbocycles. The van der Waals surface area contributed by atoms with Gasteiger partial charge in [0, 0.05) is 19.1 Å². The summed E-state index contributed by atoms with van der Waals surface area (Å²) in [4.78, 5) is 0. The van der Waals surface area contributed by atoms with Gasteiger partial charge >= 0.3 is 0 Å². The Labute approximate surface area is 75.2 Å². The molecule has 1 rings (SSSR count). The van der Waals surface area contributed by atoms with Crippen molar-refractivity contribution in [1.82, 2.24) is 0 Å². The first-order valence-electron chi connectivity index (χ1n) is 4.95. The summed E-state index contributed by atoms with van der Waals surface area (Å²) in [6.07, 6.45) is 1.50. The summed E-state index contributed by atoms with van der Waals surface area (Å²) in [5.74, 6) is 1.26. The van der Waals surface area contributed by atoms with Crippen LogP contribution >= 0.6 is 0 Å². The van der Waals surface area contributed by atoms with Crippen LogP contribution in [0.15, 0.2) is 0 Å². The fraction of sp³-hybridized carbons (Fsp3) is 1.00. The zero-order valence-electron chi connectivity index (χ0n) is 8.38. The molecule has 12 heavy (non-hydrogen) atoms. The highest BCUT2D eigenvalue weighted by Gasteiger charge is 2.28. The van der Waals surface area contributed by atoms with Crippen LogP contribution in [0, 0.1) is 11.8 Å². The maximum absolute atomic E-state index is 5.68. The summed E-state index contributed by atoms with van der Waals surface area (Å²) in [6.45, 7) is 9.12. The largest absolute Gasteiger partial charge is 0.381 e. The first kappa shape index (κ1) is 10.0. The zero-order chi connectivity index (χ0) is 8.97. The van der Waals surface area contributed by atoms with Gasteiger partial charge in [0.1, 0.15) is 0 Å². The van der Waals surface area contributed by atoms with Crippen LogP contribution in [0.3, 0.4) is 0 Å². The second-order valence-electron chi connectivity index (χ2n) is 3.77. The summed E-state index contributed by atoms with van der Waals surface area (Å²) < 4.78 is 11.1. The van der Waals surface area contributed by atoms with E-state index >= 15 is 0 Å². The second-order valence-corrected chi connectivity index (χ2v) is 3.77. The van der Waals surface area contributed by atoms with Gasteiger partial charge in [-0.2, -0.15) is 0 Å². The van der Waals surface area contributed by atoms with Crippen LogP contribution in [0.5, 0.6) is 0 Å². The maximum Gasteiger partial charge on any atom is 0.0649 e. The van der Waals surface area contributed by atoms with E-state index in [9.17, 15) is 0 Å². The lowest BCUT2D eigenvalue weighted by atomic mass is 9.88. The lowest BCUT2D eigenvalue weighted by molar-refractivity contribution is -0.0844. The maximum atomic E-state index is 5.68. The third kappa shape index (κ3) is 2.46. The molecule has 72 valence electrons. The van der Waals surface area contributed by atoms with Crippen molar-refractivity contribution in [1.29, 1.82) is 0 Å². The Morgan fingerprint density at radius 3 is 2.83 bits per heavy atom. The normalized spacial score (nSPS) is 31.0. The van der Waals surface area contributed by atoms with E-state index in [0.29, 0.717) is 17.9 Å². The SMILES string of the molecule is CCO[C@@H]1CCOC[C@H]1C(C)C. The van der Waals surface area contributed by atoms with Gasteiger partial charge in [-0.15, -0.1) is 0 Å². The van der Waals surface area contributed by atoms with E-state index in [-0.39, 0.29) is 0 Å². The van der Waals surface area contributed by atoms with Gasteiger partial charge in [-0.3, -0.25) is 0 Å². The first-order valence-corrected chi connectivity index (χ1v) is 4.95. The van der Waals surface area contributed by atoms with Crippen molar-refractivity contribution in [3.63, 3.8) is 0 Å². The van der Waals surface area contributed by atoms with E-state index in [4.69, 9.17) is 9.47 Å². The molecule has 0 aromatic rings. The van der Waals surface area contributed by atoms with Gasteiger partial charge in [-0.1, -0.05) is 13.8 Å². The Morgan fingerprint density at radius 1 is 1.50 bits per heavy atom. The molecule has 0 N–H and O–H groups in total. The topological polar surface area (TPSA) is 18.5 Å². The third-order valence-corrected chi connectivity index (χ3v) is 2.57. The Bertz CT molecular complexity index is 121. The molecule has 0 aromatic heterocycles. The molecule has 0 amide bonds. The number of rotatable bonds is 3. The molecule has 1 aliphatic heterocycles. The summed E-state index contributed by atoms with van der Waals surface area (Å²) in [6, 6.07) is 0. The molecular formula is C10H20O2. The molecule has 2 heteroatoms. The van der Waals surface area contributed by atoms with Crippen LogP contribution in [0.2, 0.25) is 0 Å². The van der Waals surface area contributed by atoms with E-state index in [1.165, 1.54) is 0 Å². The minimum absolute atomic E-state index is 0.434. The summed E-state index contributed by atoms with van der Waals surface area (Å²) in [5, 5.41) is 0. The van der Waals surface area contributed by atoms with E-state index in [0.717, 1.165) is 26.2 Å². The summed E-state index contributed by atoms with van der Waals surface area (Å²) >= 11 is 0. The van der Waals surface area contributed by atoms with Gasteiger partial charge in [-0.25, -0.2) is 0 Å². The molecule has 1 fully saturated rings. The number of hydrogen-bond donors (Lipinski definition) is 0. The monoisotopic (exact) mass is 172 g/mol. The molecule has 0 bridgehead atoms. The van der Waals surface area contributed by atoms with Crippen LogP contribution in [0.4, 0.5) is 0 Å². The van der Waals surface area contributed by atoms with Crippen molar-refractivity contribution in [3.05, 3.63) is 0 Å². The molecule has 1 aliphatic rings. The third-order valence-electron chi connectivity index (χ3n) is 2.57. The van der Waals surface area contributed by atoms with Crippen molar-refractivity contribution in [2.75, 3.05) is 19.8 Å². The first-order chi connectivity index (χ1) is 5.75. The van der Waals surface area contributed by atoms with E-state index in [1.807, 2.05) is 0 Å². The van der Waals surface area contributed by atoms with Gasteiger partial charge in [-0.05, 0) is 19.3 Å². The smallest absolute Gasteiger partial charge is 0.0649 e. The second kappa shape index (κ2) is 4.83. The molecular weight excluding hydrogens is 152 g/mol. The zero-order valence-corrected chi connectivity index (χ0v) is 8.38. The Hall–Kier alpha value is -0.0800. The molecule has 0 spiro atoms. The van der Waals surface area contributed by atoms with E-state index < -0.39 is 0 Å². The fourth-order valence-corrected chi connectivity index (χ4v) is 1.78. The van der Waals surface area contributed by atoms with Crippen molar-refractivity contribution in [3.8, 4) is 0 Å². The van der Waals surface area contributed by atoms with E-state index in [1.54, 1.807) is 0 Å². The predicted molar refractivity (Wildman–Crippen MR) is 49.2 cm³/mol. The van der Waals surface area contributed by atoms with Crippen LogP contribution in [-0.4, -0.2) is 25.9 Å². The minimum atomic E-state index is 0.434. The van der Waals surface area contributed by atoms with Gasteiger partial charge < -0.3 is 9.47 Å². The molecule has 0 radical (unpaired) electrons. The predicted octanol–water partition coefficient (Wildman–Crippen LogP) is 2.08. The van der Waals surface area contributed by atoms with Gasteiger partial charge in [0.2, 0.25) is 0 Å². The molecule has 2 atom stereocenters. The molecule has 2 nitrogen and oxygen atoms in total.